The molecule has 5 saturated carbocycles. The predicted molar refractivity (Wildman–Crippen MR) is 171 cm³/mol. The maximum atomic E-state index is 13.8. The minimum Gasteiger partial charge on any atom is -0.324 e. The minimum absolute atomic E-state index is 0.0951. The van der Waals surface area contributed by atoms with E-state index in [0.717, 1.165) is 57.5 Å². The Kier molecular flexibility index (Phi) is 16.0. The van der Waals surface area contributed by atoms with Gasteiger partial charge in [-0.25, -0.2) is 0 Å². The highest BCUT2D eigenvalue weighted by Crippen LogP contribution is 2.49. The molecule has 0 aromatic rings. The van der Waals surface area contributed by atoms with Gasteiger partial charge < -0.3 is 14.2 Å². The van der Waals surface area contributed by atoms with Gasteiger partial charge in [0.1, 0.15) is 0 Å². The van der Waals surface area contributed by atoms with Gasteiger partial charge in [0.25, 0.3) is 0 Å². The number of fused-ring (bicyclic) bond motifs is 2. The van der Waals surface area contributed by atoms with E-state index in [0.29, 0.717) is 68.6 Å². The molecule has 9 unspecified atom stereocenters. The van der Waals surface area contributed by atoms with E-state index in [9.17, 15) is 26.3 Å². The van der Waals surface area contributed by atoms with Crippen molar-refractivity contribution in [3.63, 3.8) is 0 Å². The highest BCUT2D eigenvalue weighted by molar-refractivity contribution is 4.88. The molecule has 3 nitrogen and oxygen atoms in total. The van der Waals surface area contributed by atoms with Gasteiger partial charge in [-0.1, -0.05) is 65.7 Å². The van der Waals surface area contributed by atoms with E-state index in [1.165, 1.54) is 32.1 Å². The van der Waals surface area contributed by atoms with Crippen molar-refractivity contribution >= 4 is 0 Å². The van der Waals surface area contributed by atoms with Crippen LogP contribution in [0.3, 0.4) is 0 Å². The summed E-state index contributed by atoms with van der Waals surface area (Å²) in [7, 11) is 1.12. The van der Waals surface area contributed by atoms with Gasteiger partial charge in [0.15, 0.2) is 0 Å². The van der Waals surface area contributed by atoms with Crippen LogP contribution in [0.5, 0.6) is 0 Å². The van der Waals surface area contributed by atoms with E-state index in [1.54, 1.807) is 6.92 Å². The Bertz CT molecular complexity index is 857. The Morgan fingerprint density at radius 2 is 1.00 bits per heavy atom. The van der Waals surface area contributed by atoms with Gasteiger partial charge in [0.2, 0.25) is 0 Å². The molecule has 9 atom stereocenters. The average molecular weight is 671 g/mol. The lowest BCUT2D eigenvalue weighted by atomic mass is 9.65. The average Bonchev–Trinajstić information content (AvgIpc) is 3.04. The predicted octanol–water partition coefficient (Wildman–Crippen LogP) is 12.1. The van der Waals surface area contributed by atoms with Crippen molar-refractivity contribution in [2.75, 3.05) is 20.3 Å². The second-order valence-corrected chi connectivity index (χ2v) is 15.4. The van der Waals surface area contributed by atoms with Crippen LogP contribution in [0.25, 0.3) is 0 Å². The molecule has 0 bridgehead atoms. The summed E-state index contributed by atoms with van der Waals surface area (Å²) >= 11 is 0. The first-order valence-corrected chi connectivity index (χ1v) is 18.7. The quantitative estimate of drug-likeness (QED) is 0.229. The molecule has 5 aliphatic rings. The molecule has 0 N–H and O–H groups in total. The standard InChI is InChI=1S/C14H24F2O.C13H22F2O.C10H18F2O/c1-2-9-17-14(15,16)13-8-7-11-5-3-4-6-12(11)10-13;1-9-3-4-11-8-12(13(14,15)16-2)6-5-10(11)7-9;1-3-13-10(11,12)9-6-4-5-8(2)7-9/h11-13H,2-10H2,1H3;9-12H,3-8H2,1-2H3;8-9H,3-7H2,1-2H3. The van der Waals surface area contributed by atoms with Gasteiger partial charge in [0, 0.05) is 7.11 Å². The summed E-state index contributed by atoms with van der Waals surface area (Å²) in [6, 6.07) is 0. The fourth-order valence-electron chi connectivity index (χ4n) is 9.18. The number of halogens is 6. The van der Waals surface area contributed by atoms with E-state index in [4.69, 9.17) is 4.74 Å². The maximum absolute atomic E-state index is 13.8. The van der Waals surface area contributed by atoms with Crippen LogP contribution >= 0.6 is 0 Å². The molecule has 272 valence electrons. The maximum Gasteiger partial charge on any atom is 0.358 e. The largest absolute Gasteiger partial charge is 0.358 e. The molecule has 0 aromatic heterocycles. The fraction of sp³-hybridized carbons (Fsp3) is 1.00. The second kappa shape index (κ2) is 18.5. The summed E-state index contributed by atoms with van der Waals surface area (Å²) in [6.45, 7) is 8.07. The highest BCUT2D eigenvalue weighted by Gasteiger charge is 2.47. The normalized spacial score (nSPS) is 35.4. The first kappa shape index (κ1) is 39.9. The first-order chi connectivity index (χ1) is 21.7. The Hall–Kier alpha value is -0.540. The van der Waals surface area contributed by atoms with Gasteiger partial charge in [-0.2, -0.15) is 26.3 Å². The molecule has 5 fully saturated rings. The van der Waals surface area contributed by atoms with E-state index < -0.39 is 36.1 Å². The summed E-state index contributed by atoms with van der Waals surface area (Å²) in [5.41, 5.74) is 0. The summed E-state index contributed by atoms with van der Waals surface area (Å²) in [4.78, 5) is 0. The Balaban J connectivity index is 0.000000190. The zero-order chi connectivity index (χ0) is 34.0. The summed E-state index contributed by atoms with van der Waals surface area (Å²) in [6.07, 6.45) is 8.31. The summed E-state index contributed by atoms with van der Waals surface area (Å²) in [5, 5.41) is 0. The topological polar surface area (TPSA) is 27.7 Å². The van der Waals surface area contributed by atoms with E-state index in [2.05, 4.69) is 16.4 Å². The molecule has 0 spiro atoms. The molecule has 0 aromatic carbocycles. The van der Waals surface area contributed by atoms with Crippen LogP contribution in [0, 0.1) is 53.3 Å². The molecule has 0 aliphatic heterocycles. The molecule has 9 heteroatoms. The molecule has 5 aliphatic carbocycles. The molecule has 0 amide bonds. The monoisotopic (exact) mass is 670 g/mol. The zero-order valence-electron chi connectivity index (χ0n) is 29.3. The fourth-order valence-corrected chi connectivity index (χ4v) is 9.18. The van der Waals surface area contributed by atoms with Gasteiger partial charge in [-0.15, -0.1) is 0 Å². The van der Waals surface area contributed by atoms with Crippen molar-refractivity contribution < 1.29 is 40.6 Å². The molecule has 0 saturated heterocycles. The van der Waals surface area contributed by atoms with Crippen LogP contribution in [0.1, 0.15) is 143 Å². The SMILES string of the molecule is CCCOC(F)(F)C1CCC2CCCCC2C1.CCOC(F)(F)C1CCCC(C)C1.COC(F)(F)C1CCC2CC(C)CCC2C1. The second-order valence-electron chi connectivity index (χ2n) is 15.4. The van der Waals surface area contributed by atoms with Crippen LogP contribution in [0.4, 0.5) is 26.3 Å². The van der Waals surface area contributed by atoms with Crippen molar-refractivity contribution in [3.05, 3.63) is 0 Å². The third-order valence-corrected chi connectivity index (χ3v) is 11.9. The third kappa shape index (κ3) is 11.8. The molecular weight excluding hydrogens is 606 g/mol. The number of hydrogen-bond donors (Lipinski definition) is 0. The van der Waals surface area contributed by atoms with E-state index in [1.807, 2.05) is 13.8 Å². The number of rotatable bonds is 9. The van der Waals surface area contributed by atoms with Gasteiger partial charge in [-0.3, -0.25) is 0 Å². The van der Waals surface area contributed by atoms with E-state index >= 15 is 0 Å². The lowest BCUT2D eigenvalue weighted by Gasteiger charge is -2.42. The van der Waals surface area contributed by atoms with Crippen LogP contribution < -0.4 is 0 Å². The van der Waals surface area contributed by atoms with Crippen LogP contribution in [0.15, 0.2) is 0 Å². The van der Waals surface area contributed by atoms with Crippen LogP contribution in [-0.2, 0) is 14.2 Å². The molecule has 5 rings (SSSR count). The highest BCUT2D eigenvalue weighted by atomic mass is 19.3. The van der Waals surface area contributed by atoms with Gasteiger partial charge >= 0.3 is 18.3 Å². The van der Waals surface area contributed by atoms with Gasteiger partial charge in [0.05, 0.1) is 31.0 Å². The van der Waals surface area contributed by atoms with E-state index in [-0.39, 0.29) is 13.2 Å². The zero-order valence-corrected chi connectivity index (χ0v) is 29.3. The first-order valence-electron chi connectivity index (χ1n) is 18.7. The Labute approximate surface area is 275 Å². The van der Waals surface area contributed by atoms with Crippen LogP contribution in [0.2, 0.25) is 0 Å². The van der Waals surface area contributed by atoms with Crippen molar-refractivity contribution in [3.8, 4) is 0 Å². The molecule has 46 heavy (non-hydrogen) atoms. The van der Waals surface area contributed by atoms with Crippen molar-refractivity contribution in [1.29, 1.82) is 0 Å². The number of hydrogen-bond acceptors (Lipinski definition) is 3. The minimum atomic E-state index is -2.91. The molecular formula is C37H64F6O3. The molecule has 0 heterocycles. The molecule has 0 radical (unpaired) electrons. The van der Waals surface area contributed by atoms with Crippen molar-refractivity contribution in [1.82, 2.24) is 0 Å². The summed E-state index contributed by atoms with van der Waals surface area (Å²) in [5.74, 6) is 2.06. The van der Waals surface area contributed by atoms with Crippen molar-refractivity contribution in [2.45, 2.75) is 162 Å². The van der Waals surface area contributed by atoms with Crippen LogP contribution in [-0.4, -0.2) is 38.6 Å². The van der Waals surface area contributed by atoms with Gasteiger partial charge in [-0.05, 0) is 113 Å². The Morgan fingerprint density at radius 3 is 1.61 bits per heavy atom. The third-order valence-electron chi connectivity index (χ3n) is 11.9. The smallest absolute Gasteiger partial charge is 0.324 e. The number of methoxy groups -OCH3 is 1. The summed E-state index contributed by atoms with van der Waals surface area (Å²) < 4.78 is 94.7. The van der Waals surface area contributed by atoms with Crippen molar-refractivity contribution in [2.24, 2.45) is 53.3 Å². The lowest BCUT2D eigenvalue weighted by molar-refractivity contribution is -0.280. The Morgan fingerprint density at radius 1 is 0.500 bits per heavy atom. The lowest BCUT2D eigenvalue weighted by Crippen LogP contribution is -2.39. The number of ether oxygens (including phenoxy) is 3. The number of alkyl halides is 6.